The zero-order valence-corrected chi connectivity index (χ0v) is 13.6. The SMILES string of the molecule is O=C(c1cc(Br)ccc1Cl)N1CCCC1c1ccncc1. The summed E-state index contributed by atoms with van der Waals surface area (Å²) in [7, 11) is 0. The molecule has 5 heteroatoms. The fourth-order valence-corrected chi connectivity index (χ4v) is 3.32. The van der Waals surface area contributed by atoms with Crippen LogP contribution in [0.25, 0.3) is 0 Å². The van der Waals surface area contributed by atoms with Crippen LogP contribution in [-0.4, -0.2) is 22.3 Å². The minimum Gasteiger partial charge on any atom is -0.332 e. The molecular weight excluding hydrogens is 352 g/mol. The Kier molecular flexibility index (Phi) is 4.27. The molecule has 108 valence electrons. The first-order valence-corrected chi connectivity index (χ1v) is 8.00. The monoisotopic (exact) mass is 364 g/mol. The number of benzene rings is 1. The minimum absolute atomic E-state index is 0.0133. The van der Waals surface area contributed by atoms with Gasteiger partial charge in [0.05, 0.1) is 16.6 Å². The van der Waals surface area contributed by atoms with E-state index in [-0.39, 0.29) is 11.9 Å². The second-order valence-electron chi connectivity index (χ2n) is 5.06. The lowest BCUT2D eigenvalue weighted by molar-refractivity contribution is 0.0735. The van der Waals surface area contributed by atoms with Crippen LogP contribution in [0.2, 0.25) is 5.02 Å². The quantitative estimate of drug-likeness (QED) is 0.786. The molecule has 0 bridgehead atoms. The van der Waals surface area contributed by atoms with Crippen LogP contribution >= 0.6 is 27.5 Å². The van der Waals surface area contributed by atoms with Crippen molar-refractivity contribution in [2.45, 2.75) is 18.9 Å². The van der Waals surface area contributed by atoms with Crippen molar-refractivity contribution in [3.63, 3.8) is 0 Å². The Balaban J connectivity index is 1.92. The van der Waals surface area contributed by atoms with Gasteiger partial charge in [-0.25, -0.2) is 0 Å². The van der Waals surface area contributed by atoms with E-state index in [2.05, 4.69) is 20.9 Å². The second-order valence-corrected chi connectivity index (χ2v) is 6.38. The van der Waals surface area contributed by atoms with E-state index >= 15 is 0 Å². The second kappa shape index (κ2) is 6.16. The molecule has 2 aromatic rings. The molecule has 2 heterocycles. The van der Waals surface area contributed by atoms with Gasteiger partial charge in [0.15, 0.2) is 0 Å². The molecule has 21 heavy (non-hydrogen) atoms. The highest BCUT2D eigenvalue weighted by molar-refractivity contribution is 9.10. The number of hydrogen-bond donors (Lipinski definition) is 0. The number of carbonyl (C=O) groups is 1. The topological polar surface area (TPSA) is 33.2 Å². The summed E-state index contributed by atoms with van der Waals surface area (Å²) in [5, 5.41) is 0.489. The van der Waals surface area contributed by atoms with E-state index in [9.17, 15) is 4.79 Å². The lowest BCUT2D eigenvalue weighted by Gasteiger charge is -2.25. The van der Waals surface area contributed by atoms with Crippen molar-refractivity contribution in [1.29, 1.82) is 0 Å². The lowest BCUT2D eigenvalue weighted by Crippen LogP contribution is -2.30. The average Bonchev–Trinajstić information content (AvgIpc) is 2.99. The van der Waals surface area contributed by atoms with Crippen molar-refractivity contribution in [3.8, 4) is 0 Å². The van der Waals surface area contributed by atoms with Gasteiger partial charge in [-0.15, -0.1) is 0 Å². The van der Waals surface area contributed by atoms with Crippen LogP contribution in [0.3, 0.4) is 0 Å². The first-order chi connectivity index (χ1) is 10.2. The third-order valence-corrected chi connectivity index (χ3v) is 4.59. The van der Waals surface area contributed by atoms with E-state index < -0.39 is 0 Å². The van der Waals surface area contributed by atoms with Crippen molar-refractivity contribution in [3.05, 3.63) is 63.3 Å². The molecule has 1 saturated heterocycles. The third-order valence-electron chi connectivity index (χ3n) is 3.76. The molecule has 1 amide bonds. The Hall–Kier alpha value is -1.39. The van der Waals surface area contributed by atoms with Crippen LogP contribution in [0.15, 0.2) is 47.2 Å². The number of carbonyl (C=O) groups excluding carboxylic acids is 1. The van der Waals surface area contributed by atoms with Crippen molar-refractivity contribution < 1.29 is 4.79 Å². The molecule has 1 aliphatic heterocycles. The highest BCUT2D eigenvalue weighted by Crippen LogP contribution is 2.34. The number of nitrogens with zero attached hydrogens (tertiary/aromatic N) is 2. The molecule has 0 spiro atoms. The lowest BCUT2D eigenvalue weighted by atomic mass is 10.1. The highest BCUT2D eigenvalue weighted by atomic mass is 79.9. The first kappa shape index (κ1) is 14.5. The maximum atomic E-state index is 12.8. The summed E-state index contributed by atoms with van der Waals surface area (Å²) >= 11 is 9.58. The standard InChI is InChI=1S/C16H14BrClN2O/c17-12-3-4-14(18)13(10-12)16(21)20-9-1-2-15(20)11-5-7-19-8-6-11/h3-8,10,15H,1-2,9H2. The number of amides is 1. The van der Waals surface area contributed by atoms with Crippen LogP contribution in [0.1, 0.15) is 34.8 Å². The maximum absolute atomic E-state index is 12.8. The van der Waals surface area contributed by atoms with Gasteiger partial charge in [-0.2, -0.15) is 0 Å². The molecule has 3 rings (SSSR count). The molecule has 1 atom stereocenters. The largest absolute Gasteiger partial charge is 0.332 e. The molecule has 3 nitrogen and oxygen atoms in total. The van der Waals surface area contributed by atoms with Crippen LogP contribution in [0, 0.1) is 0 Å². The number of halogens is 2. The number of aromatic nitrogens is 1. The van der Waals surface area contributed by atoms with Crippen molar-refractivity contribution in [1.82, 2.24) is 9.88 Å². The molecule has 0 aliphatic carbocycles. The molecule has 0 radical (unpaired) electrons. The van der Waals surface area contributed by atoms with Gasteiger partial charge in [0, 0.05) is 23.4 Å². The van der Waals surface area contributed by atoms with Crippen LogP contribution in [-0.2, 0) is 0 Å². The Morgan fingerprint density at radius 1 is 1.29 bits per heavy atom. The summed E-state index contributed by atoms with van der Waals surface area (Å²) in [4.78, 5) is 18.8. The number of pyridine rings is 1. The maximum Gasteiger partial charge on any atom is 0.255 e. The molecule has 1 aliphatic rings. The van der Waals surface area contributed by atoms with Gasteiger partial charge in [0.25, 0.3) is 5.91 Å². The van der Waals surface area contributed by atoms with E-state index in [0.29, 0.717) is 10.6 Å². The number of rotatable bonds is 2. The summed E-state index contributed by atoms with van der Waals surface area (Å²) in [6.07, 6.45) is 5.51. The molecule has 1 aromatic carbocycles. The van der Waals surface area contributed by atoms with Crippen molar-refractivity contribution in [2.75, 3.05) is 6.54 Å². The van der Waals surface area contributed by atoms with Crippen LogP contribution < -0.4 is 0 Å². The zero-order chi connectivity index (χ0) is 14.8. The summed E-state index contributed by atoms with van der Waals surface area (Å²) < 4.78 is 0.856. The summed E-state index contributed by atoms with van der Waals surface area (Å²) in [6, 6.07) is 9.42. The van der Waals surface area contributed by atoms with Gasteiger partial charge in [-0.3, -0.25) is 9.78 Å². The third kappa shape index (κ3) is 2.97. The Labute approximate surface area is 137 Å². The fourth-order valence-electron chi connectivity index (χ4n) is 2.76. The van der Waals surface area contributed by atoms with Crippen molar-refractivity contribution in [2.24, 2.45) is 0 Å². The molecule has 1 fully saturated rings. The van der Waals surface area contributed by atoms with Crippen LogP contribution in [0.5, 0.6) is 0 Å². The first-order valence-electron chi connectivity index (χ1n) is 6.83. The predicted octanol–water partition coefficient (Wildman–Crippen LogP) is 4.47. The van der Waals surface area contributed by atoms with E-state index in [1.165, 1.54) is 0 Å². The Morgan fingerprint density at radius 3 is 2.81 bits per heavy atom. The van der Waals surface area contributed by atoms with Gasteiger partial charge in [-0.05, 0) is 48.7 Å². The van der Waals surface area contributed by atoms with Gasteiger partial charge >= 0.3 is 0 Å². The van der Waals surface area contributed by atoms with Crippen LogP contribution in [0.4, 0.5) is 0 Å². The van der Waals surface area contributed by atoms with Gasteiger partial charge in [0.1, 0.15) is 0 Å². The molecular formula is C16H14BrClN2O. The van der Waals surface area contributed by atoms with Gasteiger partial charge < -0.3 is 4.90 Å². The highest BCUT2D eigenvalue weighted by Gasteiger charge is 2.31. The molecule has 0 saturated carbocycles. The average molecular weight is 366 g/mol. The normalized spacial score (nSPS) is 18.0. The molecule has 1 aromatic heterocycles. The Morgan fingerprint density at radius 2 is 2.05 bits per heavy atom. The smallest absolute Gasteiger partial charge is 0.255 e. The number of hydrogen-bond acceptors (Lipinski definition) is 2. The summed E-state index contributed by atoms with van der Waals surface area (Å²) in [5.74, 6) is -0.0133. The predicted molar refractivity (Wildman–Crippen MR) is 86.4 cm³/mol. The number of likely N-dealkylation sites (tertiary alicyclic amines) is 1. The zero-order valence-electron chi connectivity index (χ0n) is 11.3. The summed E-state index contributed by atoms with van der Waals surface area (Å²) in [6.45, 7) is 0.759. The van der Waals surface area contributed by atoms with Gasteiger partial charge in [-0.1, -0.05) is 27.5 Å². The van der Waals surface area contributed by atoms with E-state index in [0.717, 1.165) is 29.4 Å². The minimum atomic E-state index is -0.0133. The van der Waals surface area contributed by atoms with E-state index in [1.54, 1.807) is 24.5 Å². The molecule has 0 N–H and O–H groups in total. The Bertz CT molecular complexity index is 663. The van der Waals surface area contributed by atoms with E-state index in [1.807, 2.05) is 23.1 Å². The summed E-state index contributed by atoms with van der Waals surface area (Å²) in [5.41, 5.74) is 1.67. The van der Waals surface area contributed by atoms with E-state index in [4.69, 9.17) is 11.6 Å². The fraction of sp³-hybridized carbons (Fsp3) is 0.250. The van der Waals surface area contributed by atoms with Crippen molar-refractivity contribution >= 4 is 33.4 Å². The molecule has 1 unspecified atom stereocenters. The van der Waals surface area contributed by atoms with Gasteiger partial charge in [0.2, 0.25) is 0 Å².